The van der Waals surface area contributed by atoms with E-state index in [2.05, 4.69) is 5.16 Å². The fraction of sp³-hybridized carbons (Fsp3) is 0.529. The van der Waals surface area contributed by atoms with E-state index in [-0.39, 0.29) is 25.1 Å². The average Bonchev–Trinajstić information content (AvgIpc) is 2.50. The molecule has 8 heteroatoms. The fourth-order valence-corrected chi connectivity index (χ4v) is 2.84. The van der Waals surface area contributed by atoms with Crippen molar-refractivity contribution < 1.29 is 28.6 Å². The highest BCUT2D eigenvalue weighted by atomic mass is 19.2. The second kappa shape index (κ2) is 6.95. The van der Waals surface area contributed by atoms with Gasteiger partial charge in [0.15, 0.2) is 11.6 Å². The van der Waals surface area contributed by atoms with Gasteiger partial charge in [0.1, 0.15) is 11.2 Å². The molecule has 0 radical (unpaired) electrons. The number of likely N-dealkylation sites (tertiary alicyclic amines) is 1. The number of piperidine rings is 1. The van der Waals surface area contributed by atoms with Gasteiger partial charge in [-0.2, -0.15) is 0 Å². The topological polar surface area (TPSA) is 82.4 Å². The molecular weight excluding hydrogens is 334 g/mol. The Morgan fingerprint density at radius 3 is 2.64 bits per heavy atom. The molecule has 0 saturated carbocycles. The first-order valence-electron chi connectivity index (χ1n) is 7.90. The molecule has 0 aromatic heterocycles. The molecule has 0 unspecified atom stereocenters. The predicted molar refractivity (Wildman–Crippen MR) is 86.4 cm³/mol. The highest BCUT2D eigenvalue weighted by molar-refractivity contribution is 5.71. The molecule has 1 aromatic carbocycles. The van der Waals surface area contributed by atoms with E-state index in [9.17, 15) is 18.7 Å². The zero-order valence-corrected chi connectivity index (χ0v) is 14.4. The Morgan fingerprint density at radius 1 is 1.40 bits per heavy atom. The quantitative estimate of drug-likeness (QED) is 0.485. The molecule has 1 fully saturated rings. The van der Waals surface area contributed by atoms with Crippen molar-refractivity contribution in [2.45, 2.75) is 38.4 Å². The number of amides is 1. The molecule has 1 saturated heterocycles. The molecule has 138 valence electrons. The van der Waals surface area contributed by atoms with Gasteiger partial charge >= 0.3 is 6.09 Å². The van der Waals surface area contributed by atoms with Gasteiger partial charge in [0.25, 0.3) is 0 Å². The molecule has 1 aromatic rings. The van der Waals surface area contributed by atoms with Crippen molar-refractivity contribution >= 4 is 12.3 Å². The Kier molecular flexibility index (Phi) is 5.31. The van der Waals surface area contributed by atoms with Gasteiger partial charge in [-0.15, -0.1) is 5.16 Å². The minimum absolute atomic E-state index is 0.00840. The summed E-state index contributed by atoms with van der Waals surface area (Å²) in [6.07, 6.45) is 0.572. The maximum atomic E-state index is 13.6. The number of ether oxygens (including phenoxy) is 1. The molecule has 25 heavy (non-hydrogen) atoms. The number of aliphatic hydroxyl groups is 1. The van der Waals surface area contributed by atoms with Crippen molar-refractivity contribution in [3.05, 3.63) is 35.4 Å². The second-order valence-corrected chi connectivity index (χ2v) is 7.10. The third kappa shape index (κ3) is 4.25. The van der Waals surface area contributed by atoms with E-state index in [4.69, 9.17) is 9.94 Å². The summed E-state index contributed by atoms with van der Waals surface area (Å²) in [5.41, 5.74) is -2.12. The van der Waals surface area contributed by atoms with Gasteiger partial charge in [-0.1, -0.05) is 6.07 Å². The van der Waals surface area contributed by atoms with E-state index in [0.29, 0.717) is 0 Å². The third-order valence-corrected chi connectivity index (χ3v) is 4.11. The zero-order valence-electron chi connectivity index (χ0n) is 14.4. The zero-order chi connectivity index (χ0) is 18.8. The largest absolute Gasteiger partial charge is 0.444 e. The normalized spacial score (nSPS) is 24.6. The van der Waals surface area contributed by atoms with Gasteiger partial charge in [0.05, 0.1) is 6.21 Å². The molecule has 0 bridgehead atoms. The minimum Gasteiger partial charge on any atom is -0.444 e. The summed E-state index contributed by atoms with van der Waals surface area (Å²) in [6, 6.07) is 3.12. The molecular formula is C17H22F2N2O4. The molecule has 1 heterocycles. The molecule has 2 N–H and O–H groups in total. The van der Waals surface area contributed by atoms with Crippen LogP contribution >= 0.6 is 0 Å². The van der Waals surface area contributed by atoms with Crippen LogP contribution in [0.25, 0.3) is 0 Å². The number of oxime groups is 1. The van der Waals surface area contributed by atoms with Crippen LogP contribution in [-0.4, -0.2) is 46.2 Å². The first-order chi connectivity index (χ1) is 11.6. The molecule has 1 aliphatic heterocycles. The molecule has 0 spiro atoms. The number of nitrogens with zero attached hydrogens (tertiary/aromatic N) is 2. The van der Waals surface area contributed by atoms with E-state index in [0.717, 1.165) is 18.3 Å². The monoisotopic (exact) mass is 356 g/mol. The average molecular weight is 356 g/mol. The maximum Gasteiger partial charge on any atom is 0.410 e. The van der Waals surface area contributed by atoms with E-state index < -0.39 is 34.8 Å². The van der Waals surface area contributed by atoms with Crippen LogP contribution in [0.5, 0.6) is 0 Å². The first-order valence-corrected chi connectivity index (χ1v) is 7.90. The molecule has 2 rings (SSSR count). The van der Waals surface area contributed by atoms with Gasteiger partial charge in [-0.25, -0.2) is 13.6 Å². The Balaban J connectivity index is 2.27. The lowest BCUT2D eigenvalue weighted by molar-refractivity contribution is -0.0567. The summed E-state index contributed by atoms with van der Waals surface area (Å²) in [6.45, 7) is 5.37. The maximum absolute atomic E-state index is 13.6. The van der Waals surface area contributed by atoms with Crippen molar-refractivity contribution in [1.82, 2.24) is 4.90 Å². The van der Waals surface area contributed by atoms with Crippen LogP contribution in [0.3, 0.4) is 0 Å². The van der Waals surface area contributed by atoms with Crippen molar-refractivity contribution in [2.75, 3.05) is 13.1 Å². The predicted octanol–water partition coefficient (Wildman–Crippen LogP) is 2.87. The number of halogens is 2. The number of hydrogen-bond donors (Lipinski definition) is 2. The van der Waals surface area contributed by atoms with Crippen molar-refractivity contribution in [2.24, 2.45) is 11.1 Å². The van der Waals surface area contributed by atoms with E-state index in [1.54, 1.807) is 20.8 Å². The second-order valence-electron chi connectivity index (χ2n) is 7.10. The smallest absolute Gasteiger partial charge is 0.410 e. The number of carbonyl (C=O) groups excluding carboxylic acids is 1. The summed E-state index contributed by atoms with van der Waals surface area (Å²) in [5.74, 6) is -2.92. The van der Waals surface area contributed by atoms with E-state index in [1.165, 1.54) is 11.0 Å². The van der Waals surface area contributed by atoms with E-state index in [1.807, 2.05) is 0 Å². The van der Waals surface area contributed by atoms with Crippen LogP contribution in [0.4, 0.5) is 13.6 Å². The Bertz CT molecular complexity index is 675. The highest BCUT2D eigenvalue weighted by Crippen LogP contribution is 2.37. The SMILES string of the molecule is CC(C)(C)OC(=O)N1CC[C@](O)(c2ccc(F)c(F)c2)[C@@H](/C=N\O)C1. The lowest BCUT2D eigenvalue weighted by atomic mass is 9.76. The van der Waals surface area contributed by atoms with Gasteiger partial charge < -0.3 is 20.0 Å². The summed E-state index contributed by atoms with van der Waals surface area (Å²) < 4.78 is 32.0. The lowest BCUT2D eigenvalue weighted by Gasteiger charge is -2.43. The van der Waals surface area contributed by atoms with Crippen LogP contribution in [0.1, 0.15) is 32.8 Å². The molecule has 0 aliphatic carbocycles. The van der Waals surface area contributed by atoms with Gasteiger partial charge in [0.2, 0.25) is 0 Å². The Hall–Kier alpha value is -2.22. The standard InChI is InChI=1S/C17H22F2N2O4/c1-16(2,3)25-15(22)21-7-6-17(23,12(10-21)9-20-24)11-4-5-13(18)14(19)8-11/h4-5,8-9,12,23-24H,6-7,10H2,1-3H3/b20-9-/t12-,17-/m0/s1. The molecule has 1 aliphatic rings. The van der Waals surface area contributed by atoms with Crippen LogP contribution in [-0.2, 0) is 10.3 Å². The van der Waals surface area contributed by atoms with Crippen LogP contribution in [0.2, 0.25) is 0 Å². The fourth-order valence-electron chi connectivity index (χ4n) is 2.84. The van der Waals surface area contributed by atoms with Crippen LogP contribution < -0.4 is 0 Å². The van der Waals surface area contributed by atoms with Crippen LogP contribution in [0.15, 0.2) is 23.4 Å². The van der Waals surface area contributed by atoms with Crippen molar-refractivity contribution in [3.8, 4) is 0 Å². The third-order valence-electron chi connectivity index (χ3n) is 4.11. The van der Waals surface area contributed by atoms with Crippen molar-refractivity contribution in [3.63, 3.8) is 0 Å². The van der Waals surface area contributed by atoms with E-state index >= 15 is 0 Å². The van der Waals surface area contributed by atoms with Crippen molar-refractivity contribution in [1.29, 1.82) is 0 Å². The summed E-state index contributed by atoms with van der Waals surface area (Å²) in [5, 5.41) is 22.9. The van der Waals surface area contributed by atoms with Gasteiger partial charge in [-0.3, -0.25) is 0 Å². The summed E-state index contributed by atoms with van der Waals surface area (Å²) in [4.78, 5) is 13.6. The molecule has 1 amide bonds. The van der Waals surface area contributed by atoms with Gasteiger partial charge in [-0.05, 0) is 44.9 Å². The highest BCUT2D eigenvalue weighted by Gasteiger charge is 2.44. The summed E-state index contributed by atoms with van der Waals surface area (Å²) >= 11 is 0. The lowest BCUT2D eigenvalue weighted by Crippen LogP contribution is -2.53. The molecule has 6 nitrogen and oxygen atoms in total. The van der Waals surface area contributed by atoms with Gasteiger partial charge in [0, 0.05) is 19.0 Å². The van der Waals surface area contributed by atoms with Crippen LogP contribution in [0, 0.1) is 17.6 Å². The summed E-state index contributed by atoms with van der Waals surface area (Å²) in [7, 11) is 0. The minimum atomic E-state index is -1.60. The molecule has 2 atom stereocenters. The Labute approximate surface area is 144 Å². The number of benzene rings is 1. The Morgan fingerprint density at radius 2 is 2.08 bits per heavy atom. The number of hydrogen-bond acceptors (Lipinski definition) is 5. The first kappa shape index (κ1) is 19.1. The number of carbonyl (C=O) groups is 1. The number of rotatable bonds is 2.